The second-order valence-electron chi connectivity index (χ2n) is 9.34. The van der Waals surface area contributed by atoms with Crippen molar-refractivity contribution in [2.24, 2.45) is 11.6 Å². The number of hydrazine groups is 1. The number of thiazole rings is 1. The van der Waals surface area contributed by atoms with Gasteiger partial charge in [0.15, 0.2) is 5.13 Å². The maximum Gasteiger partial charge on any atom is 0.413 e. The molecule has 0 saturated carbocycles. The van der Waals surface area contributed by atoms with Crippen molar-refractivity contribution in [1.82, 2.24) is 9.88 Å². The van der Waals surface area contributed by atoms with Crippen LogP contribution in [0.4, 0.5) is 30.1 Å². The molecule has 4 rings (SSSR count). The number of hydrogen-bond donors (Lipinski definition) is 4. The van der Waals surface area contributed by atoms with Gasteiger partial charge >= 0.3 is 6.09 Å². The number of alkyl halides is 2. The van der Waals surface area contributed by atoms with Gasteiger partial charge in [-0.1, -0.05) is 17.4 Å². The first-order valence-electron chi connectivity index (χ1n) is 12.5. The molecule has 1 fully saturated rings. The molecule has 212 valence electrons. The highest BCUT2D eigenvalue weighted by Crippen LogP contribution is 2.28. The fourth-order valence-electron chi connectivity index (χ4n) is 4.33. The van der Waals surface area contributed by atoms with Gasteiger partial charge in [-0.05, 0) is 74.3 Å². The van der Waals surface area contributed by atoms with Gasteiger partial charge in [-0.15, -0.1) is 0 Å². The molecule has 2 amide bonds. The molecular formula is C27H31F2N7O3S. The molecule has 1 aromatic heterocycles. The molecule has 1 aliphatic heterocycles. The molecule has 40 heavy (non-hydrogen) atoms. The molecule has 0 atom stereocenters. The van der Waals surface area contributed by atoms with Crippen molar-refractivity contribution in [3.05, 3.63) is 75.9 Å². The highest BCUT2D eigenvalue weighted by molar-refractivity contribution is 7.16. The summed E-state index contributed by atoms with van der Waals surface area (Å²) in [6.45, 7) is 4.22. The number of aryl methyl sites for hydroxylation is 1. The van der Waals surface area contributed by atoms with Crippen molar-refractivity contribution in [2.45, 2.75) is 32.7 Å². The largest absolute Gasteiger partial charge is 0.453 e. The average Bonchev–Trinajstić information content (AvgIpc) is 3.61. The minimum absolute atomic E-state index is 0.140. The topological polar surface area (TPSA) is 139 Å². The molecule has 13 heteroatoms. The van der Waals surface area contributed by atoms with E-state index >= 15 is 0 Å². The summed E-state index contributed by atoms with van der Waals surface area (Å²) in [6.07, 6.45) is 1.82. The van der Waals surface area contributed by atoms with E-state index in [0.717, 1.165) is 48.4 Å². The van der Waals surface area contributed by atoms with E-state index in [1.165, 1.54) is 36.6 Å². The quantitative estimate of drug-likeness (QED) is 0.207. The van der Waals surface area contributed by atoms with E-state index in [1.54, 1.807) is 24.3 Å². The van der Waals surface area contributed by atoms with Gasteiger partial charge < -0.3 is 15.8 Å². The van der Waals surface area contributed by atoms with Crippen molar-refractivity contribution in [3.63, 3.8) is 0 Å². The van der Waals surface area contributed by atoms with Crippen LogP contribution < -0.4 is 27.2 Å². The number of benzene rings is 2. The predicted molar refractivity (Wildman–Crippen MR) is 152 cm³/mol. The van der Waals surface area contributed by atoms with E-state index in [4.69, 9.17) is 11.6 Å². The van der Waals surface area contributed by atoms with Gasteiger partial charge in [0.05, 0.1) is 23.4 Å². The number of aromatic nitrogens is 1. The smallest absolute Gasteiger partial charge is 0.413 e. The van der Waals surface area contributed by atoms with Crippen LogP contribution in [0, 0.1) is 6.92 Å². The van der Waals surface area contributed by atoms with Crippen LogP contribution in [0.15, 0.2) is 48.8 Å². The molecule has 1 aliphatic rings. The summed E-state index contributed by atoms with van der Waals surface area (Å²) < 4.78 is 31.7. The van der Waals surface area contributed by atoms with Crippen molar-refractivity contribution in [2.75, 3.05) is 35.8 Å². The van der Waals surface area contributed by atoms with Crippen LogP contribution in [-0.4, -0.2) is 42.1 Å². The Morgan fingerprint density at radius 3 is 2.65 bits per heavy atom. The summed E-state index contributed by atoms with van der Waals surface area (Å²) in [6, 6.07) is 9.46. The summed E-state index contributed by atoms with van der Waals surface area (Å²) in [7, 11) is 1.24. The Kier molecular flexibility index (Phi) is 9.30. The molecule has 0 spiro atoms. The molecule has 0 radical (unpaired) electrons. The van der Waals surface area contributed by atoms with Gasteiger partial charge in [-0.25, -0.2) is 24.4 Å². The van der Waals surface area contributed by atoms with E-state index in [1.807, 2.05) is 6.92 Å². The molecule has 0 unspecified atom stereocenters. The number of amides is 2. The molecule has 1 saturated heterocycles. The maximum atomic E-state index is 13.6. The second-order valence-corrected chi connectivity index (χ2v) is 10.4. The number of rotatable bonds is 9. The lowest BCUT2D eigenvalue weighted by Crippen LogP contribution is -2.27. The first kappa shape index (κ1) is 28.9. The SMILES string of the molecule is COC(=O)Nc1ncc(/C(N)=C/N(N)c2cc(C(=O)Nc3cc(CN4CCCC4)cc(C(F)F)c3)ccc2C)s1. The van der Waals surface area contributed by atoms with E-state index in [-0.39, 0.29) is 16.8 Å². The monoisotopic (exact) mass is 571 g/mol. The third kappa shape index (κ3) is 7.31. The number of nitrogens with two attached hydrogens (primary N) is 2. The fraction of sp³-hybridized carbons (Fsp3) is 0.296. The number of halogens is 2. The normalized spacial score (nSPS) is 13.9. The van der Waals surface area contributed by atoms with Gasteiger partial charge in [0.2, 0.25) is 0 Å². The van der Waals surface area contributed by atoms with Crippen LogP contribution in [0.5, 0.6) is 0 Å². The molecule has 2 aromatic carbocycles. The van der Waals surface area contributed by atoms with Gasteiger partial charge in [-0.3, -0.25) is 20.0 Å². The Bertz CT molecular complexity index is 1410. The van der Waals surface area contributed by atoms with Gasteiger partial charge in [0.1, 0.15) is 0 Å². The van der Waals surface area contributed by atoms with E-state index in [0.29, 0.717) is 27.9 Å². The molecule has 2 heterocycles. The number of methoxy groups -OCH3 is 1. The van der Waals surface area contributed by atoms with Gasteiger partial charge in [0.25, 0.3) is 12.3 Å². The molecule has 6 N–H and O–H groups in total. The number of likely N-dealkylation sites (tertiary alicyclic amines) is 1. The second kappa shape index (κ2) is 12.9. The standard InChI is InChI=1S/C27H31F2N7O3S/c1-16-5-6-18(12-22(16)36(31)15-21(30)23-13-32-26(40-23)34-27(38)39-2)25(37)33-20-10-17(9-19(11-20)24(28)29)14-35-7-3-4-8-35/h5-6,9-13,15,24H,3-4,7-8,14,30-31H2,1-2H3,(H,33,37)(H,32,34,38)/b21-15-. The Morgan fingerprint density at radius 1 is 1.20 bits per heavy atom. The number of ether oxygens (including phenoxy) is 1. The van der Waals surface area contributed by atoms with Crippen molar-refractivity contribution >= 4 is 45.5 Å². The van der Waals surface area contributed by atoms with E-state index in [2.05, 4.69) is 25.3 Å². The first-order chi connectivity index (χ1) is 19.1. The van der Waals surface area contributed by atoms with Gasteiger partial charge in [0, 0.05) is 35.8 Å². The Balaban J connectivity index is 1.51. The number of nitrogens with zero attached hydrogens (tertiary/aromatic N) is 3. The molecule has 0 bridgehead atoms. The van der Waals surface area contributed by atoms with Crippen LogP contribution in [0.2, 0.25) is 0 Å². The highest BCUT2D eigenvalue weighted by Gasteiger charge is 2.17. The Labute approximate surface area is 234 Å². The van der Waals surface area contributed by atoms with Crippen LogP contribution in [0.3, 0.4) is 0 Å². The summed E-state index contributed by atoms with van der Waals surface area (Å²) in [5, 5.41) is 6.79. The first-order valence-corrected chi connectivity index (χ1v) is 13.3. The van der Waals surface area contributed by atoms with Crippen molar-refractivity contribution in [3.8, 4) is 0 Å². The number of nitrogens with one attached hydrogen (secondary N) is 2. The Morgan fingerprint density at radius 2 is 1.95 bits per heavy atom. The minimum atomic E-state index is -2.66. The highest BCUT2D eigenvalue weighted by atomic mass is 32.1. The predicted octanol–water partition coefficient (Wildman–Crippen LogP) is 5.05. The summed E-state index contributed by atoms with van der Waals surface area (Å²) in [4.78, 5) is 31.4. The third-order valence-electron chi connectivity index (χ3n) is 6.34. The Hall–Kier alpha value is -4.07. The molecule has 10 nitrogen and oxygen atoms in total. The van der Waals surface area contributed by atoms with Crippen LogP contribution in [0.1, 0.15) is 51.2 Å². The van der Waals surface area contributed by atoms with E-state index in [9.17, 15) is 18.4 Å². The van der Waals surface area contributed by atoms with Gasteiger partial charge in [-0.2, -0.15) is 0 Å². The van der Waals surface area contributed by atoms with E-state index < -0.39 is 18.4 Å². The van der Waals surface area contributed by atoms with Crippen molar-refractivity contribution < 1.29 is 23.1 Å². The molecule has 3 aromatic rings. The lowest BCUT2D eigenvalue weighted by molar-refractivity contribution is 0.102. The zero-order chi connectivity index (χ0) is 28.8. The number of hydrogen-bond acceptors (Lipinski definition) is 9. The maximum absolute atomic E-state index is 13.6. The fourth-order valence-corrected chi connectivity index (χ4v) is 5.05. The molecular weight excluding hydrogens is 540 g/mol. The number of anilines is 3. The van der Waals surface area contributed by atoms with Crippen LogP contribution >= 0.6 is 11.3 Å². The number of carbonyl (C=O) groups excluding carboxylic acids is 2. The summed E-state index contributed by atoms with van der Waals surface area (Å²) >= 11 is 1.13. The summed E-state index contributed by atoms with van der Waals surface area (Å²) in [5.74, 6) is 5.80. The van der Waals surface area contributed by atoms with Crippen LogP contribution in [0.25, 0.3) is 5.70 Å². The number of carbonyl (C=O) groups is 2. The zero-order valence-electron chi connectivity index (χ0n) is 22.1. The lowest BCUT2D eigenvalue weighted by Gasteiger charge is -2.19. The lowest BCUT2D eigenvalue weighted by atomic mass is 10.1. The van der Waals surface area contributed by atoms with Crippen molar-refractivity contribution in [1.29, 1.82) is 0 Å². The summed E-state index contributed by atoms with van der Waals surface area (Å²) in [5.41, 5.74) is 8.92. The third-order valence-corrected chi connectivity index (χ3v) is 7.30. The average molecular weight is 572 g/mol. The van der Waals surface area contributed by atoms with Crippen LogP contribution in [-0.2, 0) is 11.3 Å². The zero-order valence-corrected chi connectivity index (χ0v) is 22.9. The molecule has 0 aliphatic carbocycles. The minimum Gasteiger partial charge on any atom is -0.453 e.